The van der Waals surface area contributed by atoms with Crippen molar-refractivity contribution < 1.29 is 9.18 Å². The van der Waals surface area contributed by atoms with Crippen LogP contribution in [0.4, 0.5) is 15.9 Å². The summed E-state index contributed by atoms with van der Waals surface area (Å²) in [6.07, 6.45) is 2.48. The number of piperazine rings is 1. The van der Waals surface area contributed by atoms with E-state index in [1.54, 1.807) is 34.6 Å². The number of amides is 1. The van der Waals surface area contributed by atoms with Crippen LogP contribution in [0.3, 0.4) is 0 Å². The van der Waals surface area contributed by atoms with E-state index in [0.29, 0.717) is 71.0 Å². The van der Waals surface area contributed by atoms with Crippen LogP contribution >= 0.6 is 24.0 Å². The highest BCUT2D eigenvalue weighted by Crippen LogP contribution is 2.37. The summed E-state index contributed by atoms with van der Waals surface area (Å²) >= 11 is 6.69. The number of thiocarbonyl (C=S) groups is 1. The molecule has 1 aromatic carbocycles. The Hall–Kier alpha value is -3.16. The van der Waals surface area contributed by atoms with Crippen molar-refractivity contribution in [1.82, 2.24) is 9.47 Å². The van der Waals surface area contributed by atoms with Crippen molar-refractivity contribution in [2.24, 2.45) is 0 Å². The van der Waals surface area contributed by atoms with Gasteiger partial charge >= 0.3 is 0 Å². The molecule has 4 rings (SSSR count). The lowest BCUT2D eigenvalue weighted by atomic mass is 10.0. The number of hydrogen-bond acceptors (Lipinski definition) is 7. The molecule has 0 unspecified atom stereocenters. The van der Waals surface area contributed by atoms with E-state index in [4.69, 9.17) is 12.2 Å². The molecule has 0 N–H and O–H groups in total. The third-order valence-electron chi connectivity index (χ3n) is 6.68. The zero-order valence-electron chi connectivity index (χ0n) is 21.5. The summed E-state index contributed by atoms with van der Waals surface area (Å²) in [5.74, 6) is 0.249. The molecular formula is C27H30FN5O2S2. The Kier molecular flexibility index (Phi) is 8.05. The minimum atomic E-state index is -0.333. The molecule has 1 aromatic heterocycles. The maximum absolute atomic E-state index is 14.4. The molecule has 1 amide bonds. The zero-order chi connectivity index (χ0) is 26.9. The fourth-order valence-electron chi connectivity index (χ4n) is 4.84. The van der Waals surface area contributed by atoms with E-state index in [-0.39, 0.29) is 28.9 Å². The molecule has 0 spiro atoms. The van der Waals surface area contributed by atoms with Crippen molar-refractivity contribution in [1.29, 1.82) is 5.26 Å². The Morgan fingerprint density at radius 3 is 2.38 bits per heavy atom. The summed E-state index contributed by atoms with van der Waals surface area (Å²) in [6, 6.07) is 8.72. The van der Waals surface area contributed by atoms with Gasteiger partial charge in [0.25, 0.3) is 11.5 Å². The van der Waals surface area contributed by atoms with Crippen molar-refractivity contribution in [3.8, 4) is 6.07 Å². The fraction of sp³-hybridized carbons (Fsp3) is 0.407. The lowest BCUT2D eigenvalue weighted by Crippen LogP contribution is -2.49. The van der Waals surface area contributed by atoms with Gasteiger partial charge in [-0.1, -0.05) is 43.0 Å². The molecule has 3 heterocycles. The second-order valence-electron chi connectivity index (χ2n) is 9.38. The Morgan fingerprint density at radius 2 is 1.81 bits per heavy atom. The van der Waals surface area contributed by atoms with Gasteiger partial charge in [0.05, 0.1) is 10.6 Å². The molecule has 2 saturated heterocycles. The molecule has 2 fully saturated rings. The van der Waals surface area contributed by atoms with Crippen LogP contribution < -0.4 is 15.4 Å². The number of carbonyl (C=O) groups excluding carboxylic acids is 1. The second kappa shape index (κ2) is 11.1. The molecule has 2 aliphatic rings. The summed E-state index contributed by atoms with van der Waals surface area (Å²) in [6.45, 7) is 10.2. The number of hydrogen-bond donors (Lipinski definition) is 0. The van der Waals surface area contributed by atoms with E-state index in [1.807, 2.05) is 31.7 Å². The number of aromatic nitrogens is 1. The van der Waals surface area contributed by atoms with Gasteiger partial charge in [0, 0.05) is 44.3 Å². The molecule has 2 aliphatic heterocycles. The van der Waals surface area contributed by atoms with Gasteiger partial charge in [-0.05, 0) is 51.0 Å². The lowest BCUT2D eigenvalue weighted by Gasteiger charge is -2.39. The van der Waals surface area contributed by atoms with Gasteiger partial charge in [0.15, 0.2) is 0 Å². The summed E-state index contributed by atoms with van der Waals surface area (Å²) in [5.41, 5.74) is 1.52. The molecule has 37 heavy (non-hydrogen) atoms. The van der Waals surface area contributed by atoms with Gasteiger partial charge in [-0.3, -0.25) is 19.1 Å². The molecule has 0 saturated carbocycles. The van der Waals surface area contributed by atoms with Crippen LogP contribution in [0, 0.1) is 24.1 Å². The number of halogens is 1. The highest BCUT2D eigenvalue weighted by Gasteiger charge is 2.35. The molecule has 0 atom stereocenters. The first-order chi connectivity index (χ1) is 17.7. The average Bonchev–Trinajstić information content (AvgIpc) is 3.15. The van der Waals surface area contributed by atoms with Crippen LogP contribution in [0.1, 0.15) is 43.9 Å². The second-order valence-corrected chi connectivity index (χ2v) is 11.1. The van der Waals surface area contributed by atoms with Crippen LogP contribution in [0.25, 0.3) is 6.08 Å². The maximum atomic E-state index is 14.4. The highest BCUT2D eigenvalue weighted by molar-refractivity contribution is 8.26. The molecule has 0 radical (unpaired) electrons. The molecule has 10 heteroatoms. The average molecular weight is 540 g/mol. The normalized spacial score (nSPS) is 17.3. The highest BCUT2D eigenvalue weighted by atomic mass is 32.2. The standard InChI is InChI=1S/C27H30FN5O2S2/c1-5-10-32-24(31-13-11-30(12-14-31)22-9-7-6-8-21(22)28)19(18(4)20(16-29)25(32)34)15-23-26(35)33(17(2)3)27(36)37-23/h6-9,15,17H,5,10-14H2,1-4H3/b23-15-. The Labute approximate surface area is 226 Å². The number of anilines is 2. The van der Waals surface area contributed by atoms with Gasteiger partial charge in [0.1, 0.15) is 27.6 Å². The van der Waals surface area contributed by atoms with Crippen LogP contribution in [0.15, 0.2) is 34.0 Å². The predicted octanol–water partition coefficient (Wildman–Crippen LogP) is 4.51. The first kappa shape index (κ1) is 26.9. The van der Waals surface area contributed by atoms with E-state index in [1.165, 1.54) is 17.8 Å². The number of nitriles is 1. The quantitative estimate of drug-likeness (QED) is 0.395. The minimum Gasteiger partial charge on any atom is -0.366 e. The first-order valence-electron chi connectivity index (χ1n) is 12.4. The van der Waals surface area contributed by atoms with E-state index in [9.17, 15) is 19.2 Å². The maximum Gasteiger partial charge on any atom is 0.270 e. The Balaban J connectivity index is 1.81. The summed E-state index contributed by atoms with van der Waals surface area (Å²) in [4.78, 5) is 32.7. The van der Waals surface area contributed by atoms with E-state index >= 15 is 0 Å². The fourth-order valence-corrected chi connectivity index (χ4v) is 6.35. The van der Waals surface area contributed by atoms with E-state index < -0.39 is 0 Å². The molecule has 2 aromatic rings. The molecule has 0 aliphatic carbocycles. The molecular weight excluding hydrogens is 509 g/mol. The van der Waals surface area contributed by atoms with Crippen molar-refractivity contribution in [3.63, 3.8) is 0 Å². The number of carbonyl (C=O) groups is 1. The first-order valence-corrected chi connectivity index (χ1v) is 13.6. The third kappa shape index (κ3) is 5.03. The molecule has 194 valence electrons. The number of rotatable bonds is 6. The summed E-state index contributed by atoms with van der Waals surface area (Å²) in [7, 11) is 0. The van der Waals surface area contributed by atoms with Crippen LogP contribution in [-0.4, -0.2) is 51.9 Å². The molecule has 7 nitrogen and oxygen atoms in total. The summed E-state index contributed by atoms with van der Waals surface area (Å²) < 4.78 is 16.6. The van der Waals surface area contributed by atoms with Gasteiger partial charge in [-0.2, -0.15) is 5.26 Å². The smallest absolute Gasteiger partial charge is 0.270 e. The summed E-state index contributed by atoms with van der Waals surface area (Å²) in [5, 5.41) is 9.83. The SMILES string of the molecule is CCCn1c(N2CCN(c3ccccc3F)CC2)c(/C=C2\SC(=S)N(C(C)C)C2=O)c(C)c(C#N)c1=O. The van der Waals surface area contributed by atoms with Gasteiger partial charge in [0.2, 0.25) is 0 Å². The Bertz CT molecular complexity index is 1370. The molecule has 0 bridgehead atoms. The van der Waals surface area contributed by atoms with Crippen molar-refractivity contribution in [3.05, 3.63) is 62.0 Å². The lowest BCUT2D eigenvalue weighted by molar-refractivity contribution is -0.123. The minimum absolute atomic E-state index is 0.0749. The number of pyridine rings is 1. The topological polar surface area (TPSA) is 72.6 Å². The zero-order valence-corrected chi connectivity index (χ0v) is 23.1. The van der Waals surface area contributed by atoms with E-state index in [0.717, 1.165) is 0 Å². The van der Waals surface area contributed by atoms with Gasteiger partial charge < -0.3 is 9.80 Å². The van der Waals surface area contributed by atoms with Crippen LogP contribution in [-0.2, 0) is 11.3 Å². The van der Waals surface area contributed by atoms with E-state index in [2.05, 4.69) is 11.0 Å². The van der Waals surface area contributed by atoms with Crippen molar-refractivity contribution in [2.75, 3.05) is 36.0 Å². The monoisotopic (exact) mass is 539 g/mol. The number of thioether (sulfide) groups is 1. The van der Waals surface area contributed by atoms with Gasteiger partial charge in [-0.25, -0.2) is 4.39 Å². The van der Waals surface area contributed by atoms with Gasteiger partial charge in [-0.15, -0.1) is 0 Å². The van der Waals surface area contributed by atoms with Crippen LogP contribution in [0.5, 0.6) is 0 Å². The number of para-hydroxylation sites is 1. The number of benzene rings is 1. The number of nitrogens with zero attached hydrogens (tertiary/aromatic N) is 5. The van der Waals surface area contributed by atoms with Crippen molar-refractivity contribution in [2.45, 2.75) is 46.7 Å². The predicted molar refractivity (Wildman–Crippen MR) is 151 cm³/mol. The third-order valence-corrected chi connectivity index (χ3v) is 8.01. The Morgan fingerprint density at radius 1 is 1.16 bits per heavy atom. The van der Waals surface area contributed by atoms with Crippen molar-refractivity contribution >= 4 is 51.8 Å². The largest absolute Gasteiger partial charge is 0.366 e. The van der Waals surface area contributed by atoms with Crippen LogP contribution in [0.2, 0.25) is 0 Å².